The molecule has 100 valence electrons. The van der Waals surface area contributed by atoms with Gasteiger partial charge in [0.25, 0.3) is 5.91 Å². The Bertz CT molecular complexity index is 780. The number of hydrogen-bond donors (Lipinski definition) is 2. The van der Waals surface area contributed by atoms with E-state index in [4.69, 9.17) is 11.6 Å². The fraction of sp³-hybridized carbons (Fsp3) is 0. The first kappa shape index (κ1) is 13.5. The maximum Gasteiger partial charge on any atom is 0.257 e. The van der Waals surface area contributed by atoms with Gasteiger partial charge in [-0.2, -0.15) is 0 Å². The average molecular weight is 397 g/mol. The van der Waals surface area contributed by atoms with E-state index < -0.39 is 0 Å². The predicted octanol–water partition coefficient (Wildman–Crippen LogP) is 4.68. The number of nitrogens with one attached hydrogen (secondary N) is 2. The van der Waals surface area contributed by atoms with Crippen LogP contribution in [0.5, 0.6) is 0 Å². The molecular formula is C15H10ClIN2O. The molecule has 1 heterocycles. The Morgan fingerprint density at radius 1 is 1.15 bits per heavy atom. The second kappa shape index (κ2) is 5.46. The minimum Gasteiger partial charge on any atom is -0.360 e. The smallest absolute Gasteiger partial charge is 0.257 e. The predicted molar refractivity (Wildman–Crippen MR) is 90.4 cm³/mol. The van der Waals surface area contributed by atoms with Gasteiger partial charge in [-0.15, -0.1) is 0 Å². The summed E-state index contributed by atoms with van der Waals surface area (Å²) in [6.07, 6.45) is 1.73. The van der Waals surface area contributed by atoms with E-state index in [0.717, 1.165) is 20.2 Å². The Balaban J connectivity index is 1.95. The number of halogens is 2. The third kappa shape index (κ3) is 2.53. The first-order valence-corrected chi connectivity index (χ1v) is 7.43. The molecule has 0 saturated carbocycles. The van der Waals surface area contributed by atoms with Crippen LogP contribution in [0.4, 0.5) is 5.69 Å². The summed E-state index contributed by atoms with van der Waals surface area (Å²) < 4.78 is 1.04. The maximum atomic E-state index is 12.4. The Kier molecular flexibility index (Phi) is 3.67. The van der Waals surface area contributed by atoms with E-state index in [1.807, 2.05) is 18.2 Å². The summed E-state index contributed by atoms with van der Waals surface area (Å²) in [4.78, 5) is 15.5. The van der Waals surface area contributed by atoms with Gasteiger partial charge in [-0.1, -0.05) is 17.7 Å². The minimum atomic E-state index is -0.136. The third-order valence-corrected chi connectivity index (χ3v) is 4.15. The van der Waals surface area contributed by atoms with Gasteiger partial charge < -0.3 is 10.3 Å². The summed E-state index contributed by atoms with van der Waals surface area (Å²) in [7, 11) is 0. The Hall–Kier alpha value is -1.53. The van der Waals surface area contributed by atoms with Gasteiger partial charge in [0.15, 0.2) is 0 Å². The monoisotopic (exact) mass is 396 g/mol. The number of H-pyrrole nitrogens is 1. The molecule has 3 aromatic rings. The third-order valence-electron chi connectivity index (χ3n) is 3.00. The van der Waals surface area contributed by atoms with E-state index in [2.05, 4.69) is 32.9 Å². The number of amides is 1. The number of rotatable bonds is 2. The van der Waals surface area contributed by atoms with Crippen molar-refractivity contribution in [2.45, 2.75) is 0 Å². The summed E-state index contributed by atoms with van der Waals surface area (Å²) in [5.74, 6) is -0.136. The van der Waals surface area contributed by atoms with E-state index in [9.17, 15) is 4.79 Å². The number of aromatic amines is 1. The number of benzene rings is 2. The molecule has 3 rings (SSSR count). The molecule has 2 aromatic carbocycles. The maximum absolute atomic E-state index is 12.4. The van der Waals surface area contributed by atoms with Crippen LogP contribution in [0.3, 0.4) is 0 Å². The zero-order valence-corrected chi connectivity index (χ0v) is 13.2. The van der Waals surface area contributed by atoms with Gasteiger partial charge in [-0.3, -0.25) is 4.79 Å². The summed E-state index contributed by atoms with van der Waals surface area (Å²) >= 11 is 8.06. The van der Waals surface area contributed by atoms with Crippen molar-refractivity contribution in [3.63, 3.8) is 0 Å². The highest BCUT2D eigenvalue weighted by atomic mass is 127. The summed E-state index contributed by atoms with van der Waals surface area (Å²) in [6, 6.07) is 12.9. The van der Waals surface area contributed by atoms with Crippen molar-refractivity contribution in [3.05, 3.63) is 62.8 Å². The van der Waals surface area contributed by atoms with Crippen LogP contribution in [0.25, 0.3) is 10.9 Å². The van der Waals surface area contributed by atoms with Gasteiger partial charge in [-0.25, -0.2) is 0 Å². The molecule has 0 saturated heterocycles. The van der Waals surface area contributed by atoms with Crippen LogP contribution in [0.1, 0.15) is 10.4 Å². The quantitative estimate of drug-likeness (QED) is 0.607. The molecule has 0 aliphatic carbocycles. The number of fused-ring (bicyclic) bond motifs is 1. The summed E-state index contributed by atoms with van der Waals surface area (Å²) in [6.45, 7) is 0. The lowest BCUT2D eigenvalue weighted by molar-refractivity contribution is 0.102. The highest BCUT2D eigenvalue weighted by Crippen LogP contribution is 2.25. The molecule has 1 amide bonds. The molecule has 0 bridgehead atoms. The van der Waals surface area contributed by atoms with Gasteiger partial charge in [0, 0.05) is 31.4 Å². The SMILES string of the molecule is O=C(Nc1ccc(Cl)cc1)c1c[nH]c2cccc(I)c12. The molecule has 20 heavy (non-hydrogen) atoms. The van der Waals surface area contributed by atoms with Gasteiger partial charge in [0.05, 0.1) is 5.56 Å². The van der Waals surface area contributed by atoms with E-state index in [0.29, 0.717) is 10.6 Å². The number of carbonyl (C=O) groups is 1. The molecule has 0 spiro atoms. The Morgan fingerprint density at radius 2 is 1.90 bits per heavy atom. The molecule has 0 unspecified atom stereocenters. The molecule has 5 heteroatoms. The van der Waals surface area contributed by atoms with Crippen LogP contribution in [-0.4, -0.2) is 10.9 Å². The van der Waals surface area contributed by atoms with Crippen molar-refractivity contribution >= 4 is 56.7 Å². The zero-order chi connectivity index (χ0) is 14.1. The molecule has 0 fully saturated rings. The van der Waals surface area contributed by atoms with Crippen molar-refractivity contribution in [3.8, 4) is 0 Å². The lowest BCUT2D eigenvalue weighted by atomic mass is 10.1. The molecule has 1 aromatic heterocycles. The normalized spacial score (nSPS) is 10.7. The average Bonchev–Trinajstić information content (AvgIpc) is 2.87. The van der Waals surface area contributed by atoms with Gasteiger partial charge in [0.2, 0.25) is 0 Å². The largest absolute Gasteiger partial charge is 0.360 e. The van der Waals surface area contributed by atoms with Crippen molar-refractivity contribution in [1.29, 1.82) is 0 Å². The lowest BCUT2D eigenvalue weighted by Crippen LogP contribution is -2.11. The highest BCUT2D eigenvalue weighted by Gasteiger charge is 2.14. The van der Waals surface area contributed by atoms with Crippen molar-refractivity contribution in [2.24, 2.45) is 0 Å². The van der Waals surface area contributed by atoms with E-state index in [1.54, 1.807) is 30.5 Å². The molecule has 0 aliphatic heterocycles. The van der Waals surface area contributed by atoms with Crippen molar-refractivity contribution < 1.29 is 4.79 Å². The van der Waals surface area contributed by atoms with Crippen LogP contribution in [-0.2, 0) is 0 Å². The fourth-order valence-corrected chi connectivity index (χ4v) is 2.97. The lowest BCUT2D eigenvalue weighted by Gasteiger charge is -2.05. The molecule has 3 nitrogen and oxygen atoms in total. The fourth-order valence-electron chi connectivity index (χ4n) is 2.05. The molecular weight excluding hydrogens is 387 g/mol. The number of anilines is 1. The van der Waals surface area contributed by atoms with E-state index in [-0.39, 0.29) is 5.91 Å². The highest BCUT2D eigenvalue weighted by molar-refractivity contribution is 14.1. The van der Waals surface area contributed by atoms with E-state index in [1.165, 1.54) is 0 Å². The molecule has 0 aliphatic rings. The van der Waals surface area contributed by atoms with Crippen molar-refractivity contribution in [1.82, 2.24) is 4.98 Å². The minimum absolute atomic E-state index is 0.136. The van der Waals surface area contributed by atoms with Crippen LogP contribution in [0, 0.1) is 3.57 Å². The van der Waals surface area contributed by atoms with Crippen LogP contribution in [0.2, 0.25) is 5.02 Å². The molecule has 2 N–H and O–H groups in total. The van der Waals surface area contributed by atoms with E-state index >= 15 is 0 Å². The second-order valence-electron chi connectivity index (χ2n) is 4.33. The van der Waals surface area contributed by atoms with Gasteiger partial charge in [-0.05, 0) is 59.0 Å². The van der Waals surface area contributed by atoms with Gasteiger partial charge >= 0.3 is 0 Å². The Labute approximate surface area is 134 Å². The van der Waals surface area contributed by atoms with Crippen LogP contribution >= 0.6 is 34.2 Å². The summed E-state index contributed by atoms with van der Waals surface area (Å²) in [5, 5.41) is 4.46. The topological polar surface area (TPSA) is 44.9 Å². The zero-order valence-electron chi connectivity index (χ0n) is 10.3. The number of aromatic nitrogens is 1. The van der Waals surface area contributed by atoms with Crippen molar-refractivity contribution in [2.75, 3.05) is 5.32 Å². The Morgan fingerprint density at radius 3 is 2.65 bits per heavy atom. The molecule has 0 atom stereocenters. The van der Waals surface area contributed by atoms with Crippen LogP contribution < -0.4 is 5.32 Å². The second-order valence-corrected chi connectivity index (χ2v) is 5.92. The summed E-state index contributed by atoms with van der Waals surface area (Å²) in [5.41, 5.74) is 2.32. The van der Waals surface area contributed by atoms with Gasteiger partial charge in [0.1, 0.15) is 0 Å². The number of hydrogen-bond acceptors (Lipinski definition) is 1. The van der Waals surface area contributed by atoms with Crippen LogP contribution in [0.15, 0.2) is 48.7 Å². The standard InChI is InChI=1S/C15H10ClIN2O/c16-9-4-6-10(7-5-9)19-15(20)11-8-18-13-3-1-2-12(17)14(11)13/h1-8,18H,(H,19,20). The number of carbonyl (C=O) groups excluding carboxylic acids is 1. The first-order chi connectivity index (χ1) is 9.65. The first-order valence-electron chi connectivity index (χ1n) is 5.97. The molecule has 0 radical (unpaired) electrons.